The maximum absolute atomic E-state index is 12.5. The molecule has 0 radical (unpaired) electrons. The lowest BCUT2D eigenvalue weighted by Crippen LogP contribution is -2.49. The van der Waals surface area contributed by atoms with Gasteiger partial charge in [0, 0.05) is 48.0 Å². The van der Waals surface area contributed by atoms with E-state index in [-0.39, 0.29) is 24.0 Å². The number of carbonyl (C=O) groups excluding carboxylic acids is 3. The Labute approximate surface area is 193 Å². The largest absolute Gasteiger partial charge is 0.452 e. The average Bonchev–Trinajstić information content (AvgIpc) is 2.77. The average molecular weight is 458 g/mol. The lowest BCUT2D eigenvalue weighted by molar-refractivity contribution is -0.134. The van der Waals surface area contributed by atoms with Crippen molar-refractivity contribution >= 4 is 40.8 Å². The van der Waals surface area contributed by atoms with Crippen LogP contribution < -0.4 is 10.2 Å². The number of halogens is 1. The molecule has 0 saturated carbocycles. The Kier molecular flexibility index (Phi) is 7.40. The van der Waals surface area contributed by atoms with E-state index in [4.69, 9.17) is 16.3 Å². The van der Waals surface area contributed by atoms with Crippen LogP contribution in [0.5, 0.6) is 0 Å². The van der Waals surface area contributed by atoms with Crippen LogP contribution in [0, 0.1) is 5.41 Å². The van der Waals surface area contributed by atoms with Crippen molar-refractivity contribution in [3.63, 3.8) is 0 Å². The molecule has 32 heavy (non-hydrogen) atoms. The number of hydrogen-bond donors (Lipinski definition) is 1. The summed E-state index contributed by atoms with van der Waals surface area (Å²) in [5.41, 5.74) is 1.24. The number of nitrogens with one attached hydrogen (secondary N) is 1. The molecule has 1 heterocycles. The van der Waals surface area contributed by atoms with Crippen molar-refractivity contribution in [3.8, 4) is 0 Å². The van der Waals surface area contributed by atoms with Crippen molar-refractivity contribution in [1.29, 1.82) is 0 Å². The molecule has 1 saturated heterocycles. The van der Waals surface area contributed by atoms with Gasteiger partial charge in [-0.3, -0.25) is 9.59 Å². The Morgan fingerprint density at radius 2 is 1.69 bits per heavy atom. The van der Waals surface area contributed by atoms with E-state index < -0.39 is 11.4 Å². The molecule has 2 aromatic rings. The van der Waals surface area contributed by atoms with Gasteiger partial charge >= 0.3 is 5.97 Å². The quantitative estimate of drug-likeness (QED) is 0.690. The molecule has 0 unspecified atom stereocenters. The molecule has 0 spiro atoms. The number of piperazine rings is 1. The van der Waals surface area contributed by atoms with E-state index in [1.807, 2.05) is 24.3 Å². The highest BCUT2D eigenvalue weighted by molar-refractivity contribution is 6.30. The number of esters is 1. The maximum Gasteiger partial charge on any atom is 0.338 e. The molecular weight excluding hydrogens is 430 g/mol. The van der Waals surface area contributed by atoms with Crippen LogP contribution in [-0.4, -0.2) is 55.5 Å². The topological polar surface area (TPSA) is 78.9 Å². The van der Waals surface area contributed by atoms with Gasteiger partial charge in [-0.2, -0.15) is 0 Å². The van der Waals surface area contributed by atoms with E-state index >= 15 is 0 Å². The van der Waals surface area contributed by atoms with Crippen molar-refractivity contribution in [3.05, 3.63) is 59.1 Å². The molecule has 3 rings (SSSR count). The van der Waals surface area contributed by atoms with Crippen LogP contribution in [0.3, 0.4) is 0 Å². The van der Waals surface area contributed by atoms with Crippen molar-refractivity contribution in [1.82, 2.24) is 4.90 Å². The number of rotatable bonds is 5. The maximum atomic E-state index is 12.5. The summed E-state index contributed by atoms with van der Waals surface area (Å²) in [5.74, 6) is -1.00. The fraction of sp³-hybridized carbons (Fsp3) is 0.375. The fourth-order valence-corrected chi connectivity index (χ4v) is 3.42. The van der Waals surface area contributed by atoms with Gasteiger partial charge in [0.15, 0.2) is 6.61 Å². The second kappa shape index (κ2) is 10.0. The lowest BCUT2D eigenvalue weighted by Gasteiger charge is -2.36. The van der Waals surface area contributed by atoms with Gasteiger partial charge in [-0.05, 0) is 36.4 Å². The van der Waals surface area contributed by atoms with Crippen molar-refractivity contribution in [2.45, 2.75) is 20.8 Å². The number of ether oxygens (including phenoxy) is 1. The molecule has 0 aromatic heterocycles. The minimum atomic E-state index is -0.609. The molecule has 0 bridgehead atoms. The van der Waals surface area contributed by atoms with Gasteiger partial charge in [-0.25, -0.2) is 4.79 Å². The van der Waals surface area contributed by atoms with Crippen LogP contribution in [0.2, 0.25) is 5.02 Å². The van der Waals surface area contributed by atoms with Gasteiger partial charge in [-0.1, -0.05) is 44.5 Å². The first kappa shape index (κ1) is 23.6. The van der Waals surface area contributed by atoms with Gasteiger partial charge in [0.1, 0.15) is 0 Å². The first-order valence-electron chi connectivity index (χ1n) is 10.5. The van der Waals surface area contributed by atoms with Crippen LogP contribution >= 0.6 is 11.6 Å². The number of amides is 2. The molecule has 0 aliphatic carbocycles. The van der Waals surface area contributed by atoms with E-state index in [1.54, 1.807) is 49.9 Å². The zero-order valence-corrected chi connectivity index (χ0v) is 19.3. The summed E-state index contributed by atoms with van der Waals surface area (Å²) in [6.45, 7) is 7.52. The minimum absolute atomic E-state index is 0.157. The van der Waals surface area contributed by atoms with Crippen LogP contribution in [-0.2, 0) is 14.3 Å². The third-order valence-electron chi connectivity index (χ3n) is 5.17. The number of nitrogens with zero attached hydrogens (tertiary/aromatic N) is 2. The molecular formula is C24H28ClN3O4. The Hall–Kier alpha value is -3.06. The number of hydrogen-bond acceptors (Lipinski definition) is 5. The Morgan fingerprint density at radius 3 is 2.34 bits per heavy atom. The highest BCUT2D eigenvalue weighted by Crippen LogP contribution is 2.21. The fourth-order valence-electron chi connectivity index (χ4n) is 3.23. The van der Waals surface area contributed by atoms with E-state index in [1.165, 1.54) is 0 Å². The summed E-state index contributed by atoms with van der Waals surface area (Å²) in [6, 6.07) is 14.1. The zero-order valence-electron chi connectivity index (χ0n) is 18.6. The summed E-state index contributed by atoms with van der Waals surface area (Å²) in [5, 5.41) is 3.46. The lowest BCUT2D eigenvalue weighted by atomic mass is 9.95. The zero-order chi connectivity index (χ0) is 23.3. The predicted octanol–water partition coefficient (Wildman–Crippen LogP) is 3.83. The first-order chi connectivity index (χ1) is 15.1. The summed E-state index contributed by atoms with van der Waals surface area (Å²) < 4.78 is 5.22. The van der Waals surface area contributed by atoms with Gasteiger partial charge in [0.25, 0.3) is 5.91 Å². The van der Waals surface area contributed by atoms with Crippen LogP contribution in [0.1, 0.15) is 31.1 Å². The molecule has 2 amide bonds. The van der Waals surface area contributed by atoms with Crippen molar-refractivity contribution in [2.75, 3.05) is 43.0 Å². The van der Waals surface area contributed by atoms with Crippen molar-refractivity contribution < 1.29 is 19.1 Å². The Morgan fingerprint density at radius 1 is 1.00 bits per heavy atom. The monoisotopic (exact) mass is 457 g/mol. The van der Waals surface area contributed by atoms with Crippen molar-refractivity contribution in [2.24, 2.45) is 5.41 Å². The standard InChI is InChI=1S/C24H28ClN3O4/c1-24(2,3)23(31)26-19-8-4-6-17(14-19)22(30)32-16-21(29)28-12-10-27(11-13-28)20-9-5-7-18(25)15-20/h4-9,14-15H,10-13,16H2,1-3H3,(H,26,31). The van der Waals surface area contributed by atoms with Crippen LogP contribution in [0.4, 0.5) is 11.4 Å². The summed E-state index contributed by atoms with van der Waals surface area (Å²) >= 11 is 6.06. The molecule has 1 aliphatic rings. The Balaban J connectivity index is 1.49. The van der Waals surface area contributed by atoms with Crippen LogP contribution in [0.15, 0.2) is 48.5 Å². The molecule has 0 atom stereocenters. The van der Waals surface area contributed by atoms with E-state index in [9.17, 15) is 14.4 Å². The smallest absolute Gasteiger partial charge is 0.338 e. The molecule has 1 aliphatic heterocycles. The second-order valence-electron chi connectivity index (χ2n) is 8.71. The molecule has 7 nitrogen and oxygen atoms in total. The predicted molar refractivity (Wildman–Crippen MR) is 125 cm³/mol. The van der Waals surface area contributed by atoms with Crippen LogP contribution in [0.25, 0.3) is 0 Å². The van der Waals surface area contributed by atoms with E-state index in [0.29, 0.717) is 36.9 Å². The molecule has 2 aromatic carbocycles. The summed E-state index contributed by atoms with van der Waals surface area (Å²) in [7, 11) is 0. The number of anilines is 2. The molecule has 170 valence electrons. The highest BCUT2D eigenvalue weighted by Gasteiger charge is 2.23. The van der Waals surface area contributed by atoms with Gasteiger partial charge in [0.2, 0.25) is 5.91 Å². The normalized spacial score (nSPS) is 14.1. The first-order valence-corrected chi connectivity index (χ1v) is 10.9. The number of carbonyl (C=O) groups is 3. The Bertz CT molecular complexity index is 995. The van der Waals surface area contributed by atoms with Gasteiger partial charge in [0.05, 0.1) is 5.56 Å². The third kappa shape index (κ3) is 6.23. The second-order valence-corrected chi connectivity index (χ2v) is 9.15. The summed E-state index contributed by atoms with van der Waals surface area (Å²) in [4.78, 5) is 40.9. The van der Waals surface area contributed by atoms with Gasteiger partial charge < -0.3 is 19.9 Å². The minimum Gasteiger partial charge on any atom is -0.452 e. The molecule has 1 fully saturated rings. The molecule has 1 N–H and O–H groups in total. The van der Waals surface area contributed by atoms with Gasteiger partial charge in [-0.15, -0.1) is 0 Å². The summed E-state index contributed by atoms with van der Waals surface area (Å²) in [6.07, 6.45) is 0. The third-order valence-corrected chi connectivity index (χ3v) is 5.40. The van der Waals surface area contributed by atoms with E-state index in [2.05, 4.69) is 10.2 Å². The molecule has 8 heteroatoms. The van der Waals surface area contributed by atoms with E-state index in [0.717, 1.165) is 5.69 Å². The SMILES string of the molecule is CC(C)(C)C(=O)Nc1cccc(C(=O)OCC(=O)N2CCN(c3cccc(Cl)c3)CC2)c1. The number of benzene rings is 2. The highest BCUT2D eigenvalue weighted by atomic mass is 35.5.